The van der Waals surface area contributed by atoms with E-state index in [1.807, 2.05) is 0 Å². The van der Waals surface area contributed by atoms with E-state index in [4.69, 9.17) is 0 Å². The molecule has 0 atom stereocenters. The standard InChI is InChI=1S/C66H64N4P2/c1-67(2)51-27-35-55(36-28-51)71(56-37-29-52(30-38-56)68(3)4)45-63-61(47-19-11-9-12-20-47)43-49-23-15-17-25-59(49)65(63)66-60-26-18-16-24-50(60)44-62(48-21-13-10-14-22-48)64(66)46-72(57-39-31-53(32-40-57)69(5)6)58-41-33-54(34-42-58)70(7)8/h9-44H,45-46H2,1-8H3. The minimum Gasteiger partial charge on any atom is -0.378 e. The van der Waals surface area contributed by atoms with Gasteiger partial charge in [0.2, 0.25) is 0 Å². The van der Waals surface area contributed by atoms with E-state index in [0.717, 1.165) is 12.3 Å². The molecule has 358 valence electrons. The van der Waals surface area contributed by atoms with E-state index in [1.54, 1.807) is 0 Å². The van der Waals surface area contributed by atoms with Crippen molar-refractivity contribution in [1.82, 2.24) is 0 Å². The molecule has 0 saturated heterocycles. The summed E-state index contributed by atoms with van der Waals surface area (Å²) in [7, 11) is 15.2. The lowest BCUT2D eigenvalue weighted by Gasteiger charge is -2.29. The van der Waals surface area contributed by atoms with E-state index in [1.165, 1.54) is 110 Å². The normalized spacial score (nSPS) is 11.4. The molecule has 0 unspecified atom stereocenters. The summed E-state index contributed by atoms with van der Waals surface area (Å²) < 4.78 is 0. The number of rotatable bonds is 15. The summed E-state index contributed by atoms with van der Waals surface area (Å²) in [4.78, 5) is 8.78. The van der Waals surface area contributed by atoms with Crippen LogP contribution in [-0.2, 0) is 12.3 Å². The molecule has 0 saturated carbocycles. The fourth-order valence-corrected chi connectivity index (χ4v) is 14.8. The van der Waals surface area contributed by atoms with Gasteiger partial charge in [0.05, 0.1) is 0 Å². The predicted octanol–water partition coefficient (Wildman–Crippen LogP) is 14.5. The lowest BCUT2D eigenvalue weighted by atomic mass is 9.82. The lowest BCUT2D eigenvalue weighted by Crippen LogP contribution is -2.17. The molecule has 6 heteroatoms. The highest BCUT2D eigenvalue weighted by molar-refractivity contribution is 7.72. The van der Waals surface area contributed by atoms with Crippen molar-refractivity contribution in [3.05, 3.63) is 230 Å². The van der Waals surface area contributed by atoms with E-state index in [2.05, 4.69) is 294 Å². The zero-order valence-electron chi connectivity index (χ0n) is 42.9. The second kappa shape index (κ2) is 21.2. The maximum atomic E-state index is 2.48. The first-order chi connectivity index (χ1) is 35.0. The number of benzene rings is 10. The van der Waals surface area contributed by atoms with Crippen LogP contribution in [0.25, 0.3) is 54.9 Å². The predicted molar refractivity (Wildman–Crippen MR) is 321 cm³/mol. The third-order valence-electron chi connectivity index (χ3n) is 14.1. The van der Waals surface area contributed by atoms with Crippen molar-refractivity contribution in [3.8, 4) is 33.4 Å². The summed E-state index contributed by atoms with van der Waals surface area (Å²) in [5.74, 6) is 0. The van der Waals surface area contributed by atoms with Crippen molar-refractivity contribution in [2.75, 3.05) is 76.0 Å². The largest absolute Gasteiger partial charge is 0.378 e. The highest BCUT2D eigenvalue weighted by Crippen LogP contribution is 2.53. The Morgan fingerprint density at radius 3 is 0.833 bits per heavy atom. The van der Waals surface area contributed by atoms with Crippen molar-refractivity contribution >= 4 is 81.4 Å². The number of hydrogen-bond acceptors (Lipinski definition) is 4. The third-order valence-corrected chi connectivity index (χ3v) is 19.0. The van der Waals surface area contributed by atoms with Crippen LogP contribution in [0.3, 0.4) is 0 Å². The van der Waals surface area contributed by atoms with Crippen LogP contribution in [0, 0.1) is 0 Å². The average molecular weight is 975 g/mol. The van der Waals surface area contributed by atoms with Crippen LogP contribution in [0.2, 0.25) is 0 Å². The van der Waals surface area contributed by atoms with Crippen LogP contribution in [0.15, 0.2) is 218 Å². The first kappa shape index (κ1) is 48.4. The molecule has 0 radical (unpaired) electrons. The van der Waals surface area contributed by atoms with E-state index < -0.39 is 15.8 Å². The van der Waals surface area contributed by atoms with Gasteiger partial charge in [-0.15, -0.1) is 0 Å². The molecule has 0 bridgehead atoms. The Bertz CT molecular complexity index is 3110. The zero-order chi connectivity index (χ0) is 49.9. The van der Waals surface area contributed by atoms with Crippen LogP contribution in [0.1, 0.15) is 11.1 Å². The molecule has 10 aromatic rings. The number of anilines is 4. The van der Waals surface area contributed by atoms with Crippen molar-refractivity contribution in [2.24, 2.45) is 0 Å². The van der Waals surface area contributed by atoms with E-state index in [-0.39, 0.29) is 0 Å². The monoisotopic (exact) mass is 974 g/mol. The van der Waals surface area contributed by atoms with Crippen LogP contribution < -0.4 is 40.8 Å². The van der Waals surface area contributed by atoms with Crippen LogP contribution in [0.5, 0.6) is 0 Å². The maximum absolute atomic E-state index is 2.48. The molecule has 0 aliphatic rings. The summed E-state index contributed by atoms with van der Waals surface area (Å²) in [6, 6.07) is 83.1. The highest BCUT2D eigenvalue weighted by Gasteiger charge is 2.29. The van der Waals surface area contributed by atoms with Gasteiger partial charge < -0.3 is 19.6 Å². The number of fused-ring (bicyclic) bond motifs is 2. The van der Waals surface area contributed by atoms with E-state index in [9.17, 15) is 0 Å². The summed E-state index contributed by atoms with van der Waals surface area (Å²) in [6.45, 7) is 0. The Balaban J connectivity index is 1.32. The molecular formula is C66H64N4P2. The van der Waals surface area contributed by atoms with Gasteiger partial charge >= 0.3 is 0 Å². The molecule has 0 aliphatic carbocycles. The SMILES string of the molecule is CN(C)c1ccc(P(Cc2c(-c3ccccc3)cc3ccccc3c2-c2c(CP(c3ccc(N(C)C)cc3)c3ccc(N(C)C)cc3)c(-c3ccccc3)cc3ccccc23)c2ccc(N(C)C)cc2)cc1. The van der Waals surface area contributed by atoms with Crippen LogP contribution in [0.4, 0.5) is 22.7 Å². The van der Waals surface area contributed by atoms with Crippen molar-refractivity contribution in [1.29, 1.82) is 0 Å². The highest BCUT2D eigenvalue weighted by atomic mass is 31.1. The van der Waals surface area contributed by atoms with Gasteiger partial charge in [0.1, 0.15) is 0 Å². The van der Waals surface area contributed by atoms with Crippen molar-refractivity contribution in [3.63, 3.8) is 0 Å². The van der Waals surface area contributed by atoms with Crippen molar-refractivity contribution < 1.29 is 0 Å². The van der Waals surface area contributed by atoms with Gasteiger partial charge in [0.25, 0.3) is 0 Å². The summed E-state index contributed by atoms with van der Waals surface area (Å²) in [6.07, 6.45) is 1.69. The molecule has 0 fully saturated rings. The van der Waals surface area contributed by atoms with Gasteiger partial charge in [-0.2, -0.15) is 0 Å². The van der Waals surface area contributed by atoms with Gasteiger partial charge in [-0.25, -0.2) is 0 Å². The van der Waals surface area contributed by atoms with E-state index >= 15 is 0 Å². The molecule has 10 aromatic carbocycles. The second-order valence-electron chi connectivity index (χ2n) is 19.5. The summed E-state index contributed by atoms with van der Waals surface area (Å²) in [5.41, 5.74) is 15.3. The smallest absolute Gasteiger partial charge is 0.0361 e. The third kappa shape index (κ3) is 10.0. The fourth-order valence-electron chi connectivity index (χ4n) is 10.1. The Hall–Kier alpha value is -7.22. The molecular weight excluding hydrogens is 911 g/mol. The van der Waals surface area contributed by atoms with Gasteiger partial charge in [-0.05, 0) is 164 Å². The summed E-state index contributed by atoms with van der Waals surface area (Å²) in [5, 5.41) is 10.5. The van der Waals surface area contributed by atoms with Crippen LogP contribution >= 0.6 is 15.8 Å². The molecule has 0 heterocycles. The average Bonchev–Trinajstić information content (AvgIpc) is 3.41. The fraction of sp³-hybridized carbons (Fsp3) is 0.152. The van der Waals surface area contributed by atoms with Gasteiger partial charge in [0, 0.05) is 91.5 Å². The van der Waals surface area contributed by atoms with Crippen molar-refractivity contribution in [2.45, 2.75) is 12.3 Å². The Kier molecular flexibility index (Phi) is 14.3. The molecule has 0 amide bonds. The Morgan fingerprint density at radius 2 is 0.556 bits per heavy atom. The molecule has 0 spiro atoms. The minimum absolute atomic E-state index is 0.846. The molecule has 0 N–H and O–H groups in total. The zero-order valence-corrected chi connectivity index (χ0v) is 44.7. The molecule has 0 aromatic heterocycles. The molecule has 72 heavy (non-hydrogen) atoms. The molecule has 4 nitrogen and oxygen atoms in total. The summed E-state index contributed by atoms with van der Waals surface area (Å²) >= 11 is 0. The quantitative estimate of drug-likeness (QED) is 0.0949. The molecule has 0 aliphatic heterocycles. The van der Waals surface area contributed by atoms with Gasteiger partial charge in [-0.3, -0.25) is 0 Å². The number of hydrogen-bond donors (Lipinski definition) is 0. The number of nitrogens with zero attached hydrogens (tertiary/aromatic N) is 4. The Labute approximate surface area is 430 Å². The first-order valence-corrected chi connectivity index (χ1v) is 27.9. The van der Waals surface area contributed by atoms with E-state index in [0.29, 0.717) is 0 Å². The second-order valence-corrected chi connectivity index (χ2v) is 24.0. The molecule has 10 rings (SSSR count). The lowest BCUT2D eigenvalue weighted by molar-refractivity contribution is 1.13. The van der Waals surface area contributed by atoms with Gasteiger partial charge in [0.15, 0.2) is 0 Å². The topological polar surface area (TPSA) is 13.0 Å². The minimum atomic E-state index is -0.911. The Morgan fingerprint density at radius 1 is 0.292 bits per heavy atom. The van der Waals surface area contributed by atoms with Crippen LogP contribution in [-0.4, -0.2) is 56.4 Å². The maximum Gasteiger partial charge on any atom is 0.0361 e. The first-order valence-electron chi connectivity index (χ1n) is 24.9. The van der Waals surface area contributed by atoms with Gasteiger partial charge in [-0.1, -0.05) is 158 Å².